The van der Waals surface area contributed by atoms with E-state index in [1.807, 2.05) is 0 Å². The van der Waals surface area contributed by atoms with Gasteiger partial charge in [0.2, 0.25) is 5.88 Å². The maximum absolute atomic E-state index is 11.1. The van der Waals surface area contributed by atoms with Crippen LogP contribution < -0.4 is 4.74 Å². The van der Waals surface area contributed by atoms with Crippen LogP contribution in [-0.4, -0.2) is 36.4 Å². The molecule has 1 rings (SSSR count). The molecule has 0 aliphatic rings. The molecule has 0 atom stereocenters. The van der Waals surface area contributed by atoms with Crippen molar-refractivity contribution in [1.82, 2.24) is 4.98 Å². The molecular weight excluding hydrogens is 278 g/mol. The van der Waals surface area contributed by atoms with Crippen molar-refractivity contribution in [2.45, 2.75) is 6.92 Å². The fourth-order valence-electron chi connectivity index (χ4n) is 1.14. The minimum Gasteiger partial charge on any atom is -0.477 e. The SMILES string of the molecule is COCCOc1ncc(Br)c(C)c1C(=O)O. The Morgan fingerprint density at radius 3 is 2.81 bits per heavy atom. The monoisotopic (exact) mass is 289 g/mol. The lowest BCUT2D eigenvalue weighted by atomic mass is 10.1. The summed E-state index contributed by atoms with van der Waals surface area (Å²) in [6.45, 7) is 2.35. The van der Waals surface area contributed by atoms with Crippen molar-refractivity contribution in [1.29, 1.82) is 0 Å². The van der Waals surface area contributed by atoms with Crippen molar-refractivity contribution in [2.24, 2.45) is 0 Å². The molecule has 0 aliphatic carbocycles. The Kier molecular flexibility index (Phi) is 4.70. The van der Waals surface area contributed by atoms with E-state index in [9.17, 15) is 4.79 Å². The van der Waals surface area contributed by atoms with Crippen LogP contribution >= 0.6 is 15.9 Å². The highest BCUT2D eigenvalue weighted by Gasteiger charge is 2.18. The van der Waals surface area contributed by atoms with Gasteiger partial charge in [0, 0.05) is 17.8 Å². The number of halogens is 1. The number of nitrogens with zero attached hydrogens (tertiary/aromatic N) is 1. The van der Waals surface area contributed by atoms with Crippen molar-refractivity contribution in [3.63, 3.8) is 0 Å². The van der Waals surface area contributed by atoms with Crippen molar-refractivity contribution >= 4 is 21.9 Å². The standard InChI is InChI=1S/C10H12BrNO4/c1-6-7(11)5-12-9(8(6)10(13)14)16-4-3-15-2/h5H,3-4H2,1-2H3,(H,13,14). The summed E-state index contributed by atoms with van der Waals surface area (Å²) in [5, 5.41) is 9.06. The third kappa shape index (κ3) is 2.93. The normalized spacial score (nSPS) is 10.2. The molecule has 0 amide bonds. The van der Waals surface area contributed by atoms with Gasteiger partial charge in [-0.2, -0.15) is 0 Å². The molecule has 0 aliphatic heterocycles. The largest absolute Gasteiger partial charge is 0.477 e. The number of hydrogen-bond acceptors (Lipinski definition) is 4. The minimum absolute atomic E-state index is 0.0745. The molecule has 5 nitrogen and oxygen atoms in total. The zero-order chi connectivity index (χ0) is 12.1. The number of carboxylic acid groups (broad SMARTS) is 1. The number of ether oxygens (including phenoxy) is 2. The molecule has 1 heterocycles. The molecule has 0 saturated carbocycles. The van der Waals surface area contributed by atoms with Gasteiger partial charge in [-0.3, -0.25) is 0 Å². The molecule has 88 valence electrons. The zero-order valence-corrected chi connectivity index (χ0v) is 10.6. The Hall–Kier alpha value is -1.14. The number of aromatic nitrogens is 1. The lowest BCUT2D eigenvalue weighted by Crippen LogP contribution is -2.11. The van der Waals surface area contributed by atoms with Crippen LogP contribution in [0.25, 0.3) is 0 Å². The van der Waals surface area contributed by atoms with Gasteiger partial charge in [0.1, 0.15) is 12.2 Å². The number of pyridine rings is 1. The van der Waals surface area contributed by atoms with Gasteiger partial charge >= 0.3 is 5.97 Å². The lowest BCUT2D eigenvalue weighted by molar-refractivity contribution is 0.0687. The Bertz CT molecular complexity index is 395. The van der Waals surface area contributed by atoms with E-state index in [1.54, 1.807) is 14.0 Å². The van der Waals surface area contributed by atoms with Crippen LogP contribution in [0, 0.1) is 6.92 Å². The van der Waals surface area contributed by atoms with Gasteiger partial charge in [-0.25, -0.2) is 9.78 Å². The summed E-state index contributed by atoms with van der Waals surface area (Å²) >= 11 is 3.22. The Morgan fingerprint density at radius 1 is 1.56 bits per heavy atom. The molecule has 16 heavy (non-hydrogen) atoms. The van der Waals surface area contributed by atoms with E-state index in [0.717, 1.165) is 0 Å². The molecule has 1 N–H and O–H groups in total. The van der Waals surface area contributed by atoms with Crippen molar-refractivity contribution in [2.75, 3.05) is 20.3 Å². The van der Waals surface area contributed by atoms with Gasteiger partial charge in [0.25, 0.3) is 0 Å². The van der Waals surface area contributed by atoms with E-state index in [-0.39, 0.29) is 18.1 Å². The number of rotatable bonds is 5. The van der Waals surface area contributed by atoms with Gasteiger partial charge < -0.3 is 14.6 Å². The smallest absolute Gasteiger partial charge is 0.341 e. The van der Waals surface area contributed by atoms with Gasteiger partial charge in [-0.05, 0) is 28.4 Å². The topological polar surface area (TPSA) is 68.7 Å². The average molecular weight is 290 g/mol. The van der Waals surface area contributed by atoms with E-state index in [0.29, 0.717) is 16.6 Å². The highest BCUT2D eigenvalue weighted by atomic mass is 79.9. The molecule has 0 bridgehead atoms. The third-order valence-corrected chi connectivity index (χ3v) is 2.78. The Morgan fingerprint density at radius 2 is 2.25 bits per heavy atom. The van der Waals surface area contributed by atoms with Crippen molar-refractivity contribution in [3.05, 3.63) is 21.8 Å². The summed E-state index contributed by atoms with van der Waals surface area (Å²) in [5.74, 6) is -0.941. The van der Waals surface area contributed by atoms with E-state index in [1.165, 1.54) is 6.20 Å². The second-order valence-electron chi connectivity index (χ2n) is 3.06. The number of methoxy groups -OCH3 is 1. The van der Waals surface area contributed by atoms with Crippen LogP contribution in [-0.2, 0) is 4.74 Å². The first-order valence-corrected chi connectivity index (χ1v) is 5.37. The zero-order valence-electron chi connectivity index (χ0n) is 8.99. The van der Waals surface area contributed by atoms with Crippen LogP contribution in [0.5, 0.6) is 5.88 Å². The average Bonchev–Trinajstić information content (AvgIpc) is 2.23. The highest BCUT2D eigenvalue weighted by molar-refractivity contribution is 9.10. The molecule has 1 aromatic rings. The first-order chi connectivity index (χ1) is 7.57. The lowest BCUT2D eigenvalue weighted by Gasteiger charge is -2.10. The second kappa shape index (κ2) is 5.81. The molecule has 0 radical (unpaired) electrons. The first-order valence-electron chi connectivity index (χ1n) is 4.58. The predicted molar refractivity (Wildman–Crippen MR) is 61.0 cm³/mol. The number of aromatic carboxylic acids is 1. The number of carbonyl (C=O) groups is 1. The maximum Gasteiger partial charge on any atom is 0.341 e. The van der Waals surface area contributed by atoms with Crippen LogP contribution in [0.1, 0.15) is 15.9 Å². The van der Waals surface area contributed by atoms with Crippen LogP contribution in [0.3, 0.4) is 0 Å². The Labute approximate surface area is 102 Å². The second-order valence-corrected chi connectivity index (χ2v) is 3.91. The predicted octanol–water partition coefficient (Wildman–Crippen LogP) is 1.88. The fraction of sp³-hybridized carbons (Fsp3) is 0.400. The van der Waals surface area contributed by atoms with Crippen LogP contribution in [0.15, 0.2) is 10.7 Å². The molecule has 0 fully saturated rings. The number of hydrogen-bond donors (Lipinski definition) is 1. The third-order valence-electron chi connectivity index (χ3n) is 1.98. The minimum atomic E-state index is -1.06. The van der Waals surface area contributed by atoms with Crippen molar-refractivity contribution < 1.29 is 19.4 Å². The Balaban J connectivity index is 2.99. The summed E-state index contributed by atoms with van der Waals surface area (Å²) in [6, 6.07) is 0. The van der Waals surface area contributed by atoms with E-state index < -0.39 is 5.97 Å². The van der Waals surface area contributed by atoms with E-state index in [2.05, 4.69) is 20.9 Å². The summed E-state index contributed by atoms with van der Waals surface area (Å²) in [4.78, 5) is 15.0. The van der Waals surface area contributed by atoms with Crippen molar-refractivity contribution in [3.8, 4) is 5.88 Å². The van der Waals surface area contributed by atoms with Crippen LogP contribution in [0.4, 0.5) is 0 Å². The molecular formula is C10H12BrNO4. The highest BCUT2D eigenvalue weighted by Crippen LogP contribution is 2.25. The van der Waals surface area contributed by atoms with Gasteiger partial charge in [-0.15, -0.1) is 0 Å². The maximum atomic E-state index is 11.1. The van der Waals surface area contributed by atoms with E-state index in [4.69, 9.17) is 14.6 Å². The molecule has 0 spiro atoms. The van der Waals surface area contributed by atoms with Crippen LogP contribution in [0.2, 0.25) is 0 Å². The first kappa shape index (κ1) is 12.9. The molecule has 6 heteroatoms. The molecule has 0 unspecified atom stereocenters. The number of carboxylic acids is 1. The summed E-state index contributed by atoms with van der Waals surface area (Å²) in [5.41, 5.74) is 0.667. The summed E-state index contributed by atoms with van der Waals surface area (Å²) < 4.78 is 10.7. The molecule has 0 saturated heterocycles. The fourth-order valence-corrected chi connectivity index (χ4v) is 1.44. The van der Waals surface area contributed by atoms with Gasteiger partial charge in [0.15, 0.2) is 0 Å². The van der Waals surface area contributed by atoms with Gasteiger partial charge in [0.05, 0.1) is 6.61 Å². The quantitative estimate of drug-likeness (QED) is 0.838. The summed E-state index contributed by atoms with van der Waals surface area (Å²) in [7, 11) is 1.54. The molecule has 1 aromatic heterocycles. The van der Waals surface area contributed by atoms with E-state index >= 15 is 0 Å². The molecule has 0 aromatic carbocycles. The summed E-state index contributed by atoms with van der Waals surface area (Å²) in [6.07, 6.45) is 1.52. The van der Waals surface area contributed by atoms with Gasteiger partial charge in [-0.1, -0.05) is 0 Å².